The van der Waals surface area contributed by atoms with Gasteiger partial charge in [-0.15, -0.1) is 0 Å². The lowest BCUT2D eigenvalue weighted by molar-refractivity contribution is 0.0295. The van der Waals surface area contributed by atoms with Crippen LogP contribution >= 0.6 is 0 Å². The Morgan fingerprint density at radius 1 is 1.29 bits per heavy atom. The van der Waals surface area contributed by atoms with Crippen molar-refractivity contribution in [2.24, 2.45) is 0 Å². The van der Waals surface area contributed by atoms with Crippen LogP contribution in [0.4, 0.5) is 0 Å². The number of nitrogens with zero attached hydrogens (tertiary/aromatic N) is 1. The van der Waals surface area contributed by atoms with Gasteiger partial charge in [0.15, 0.2) is 11.5 Å². The summed E-state index contributed by atoms with van der Waals surface area (Å²) in [6.07, 6.45) is 0. The molecular weight excluding hydrogens is 270 g/mol. The van der Waals surface area contributed by atoms with Crippen molar-refractivity contribution in [3.05, 3.63) is 59.2 Å². The third-order valence-corrected chi connectivity index (χ3v) is 3.51. The zero-order valence-electron chi connectivity index (χ0n) is 11.2. The number of phenols is 1. The molecule has 0 radical (unpaired) electrons. The number of hydrogen-bond donors (Lipinski definition) is 1. The Bertz CT molecular complexity index is 778. The largest absolute Gasteiger partial charge is 0.504 e. The fourth-order valence-electron chi connectivity index (χ4n) is 2.49. The number of benzene rings is 2. The number of phenolic OH excluding ortho intramolecular Hbond substituents is 1. The number of fused-ring (bicyclic) bond motifs is 1. The van der Waals surface area contributed by atoms with Crippen LogP contribution in [0.15, 0.2) is 42.5 Å². The number of carbonyl (C=O) groups is 1. The van der Waals surface area contributed by atoms with Gasteiger partial charge in [0.05, 0.1) is 12.7 Å². The Morgan fingerprint density at radius 3 is 2.71 bits per heavy atom. The number of ether oxygens (including phenoxy) is 2. The SMILES string of the molecule is COc1ccc(C2(C#N)OC(=O)c3ccccc32)cc1O. The van der Waals surface area contributed by atoms with Crippen molar-refractivity contribution in [1.82, 2.24) is 0 Å². The molecule has 1 atom stereocenters. The summed E-state index contributed by atoms with van der Waals surface area (Å²) >= 11 is 0. The van der Waals surface area contributed by atoms with Crippen molar-refractivity contribution in [2.45, 2.75) is 5.60 Å². The van der Waals surface area contributed by atoms with Crippen LogP contribution in [0.5, 0.6) is 11.5 Å². The lowest BCUT2D eigenvalue weighted by Crippen LogP contribution is -2.25. The van der Waals surface area contributed by atoms with E-state index in [9.17, 15) is 15.2 Å². The molecule has 0 saturated carbocycles. The topological polar surface area (TPSA) is 79.5 Å². The van der Waals surface area contributed by atoms with Gasteiger partial charge < -0.3 is 14.6 Å². The predicted molar refractivity (Wildman–Crippen MR) is 72.9 cm³/mol. The minimum atomic E-state index is -1.54. The number of nitriles is 1. The summed E-state index contributed by atoms with van der Waals surface area (Å²) in [4.78, 5) is 12.0. The van der Waals surface area contributed by atoms with Gasteiger partial charge in [0.1, 0.15) is 6.07 Å². The van der Waals surface area contributed by atoms with Gasteiger partial charge in [0, 0.05) is 11.1 Å². The number of cyclic esters (lactones) is 1. The van der Waals surface area contributed by atoms with Crippen molar-refractivity contribution < 1.29 is 19.4 Å². The standard InChI is InChI=1S/C16H11NO4/c1-20-14-7-6-10(8-13(14)18)16(9-17)12-5-3-2-4-11(12)15(19)21-16/h2-8,18H,1H3. The van der Waals surface area contributed by atoms with E-state index in [2.05, 4.69) is 6.07 Å². The summed E-state index contributed by atoms with van der Waals surface area (Å²) in [5, 5.41) is 19.5. The minimum absolute atomic E-state index is 0.120. The number of hydrogen-bond acceptors (Lipinski definition) is 5. The van der Waals surface area contributed by atoms with Crippen LogP contribution in [-0.4, -0.2) is 18.2 Å². The third kappa shape index (κ3) is 1.73. The summed E-state index contributed by atoms with van der Waals surface area (Å²) in [5.74, 6) is -0.392. The molecule has 1 aliphatic heterocycles. The van der Waals surface area contributed by atoms with Crippen molar-refractivity contribution in [1.29, 1.82) is 5.26 Å². The normalized spacial score (nSPS) is 19.5. The Balaban J connectivity index is 2.22. The van der Waals surface area contributed by atoms with Gasteiger partial charge in [-0.05, 0) is 24.3 Å². The monoisotopic (exact) mass is 281 g/mol. The number of carbonyl (C=O) groups excluding carboxylic acids is 1. The van der Waals surface area contributed by atoms with Gasteiger partial charge in [-0.2, -0.15) is 5.26 Å². The molecule has 0 amide bonds. The second-order valence-electron chi connectivity index (χ2n) is 4.61. The van der Waals surface area contributed by atoms with Crippen molar-refractivity contribution in [3.8, 4) is 17.6 Å². The molecule has 3 rings (SSSR count). The maximum atomic E-state index is 12.0. The van der Waals surface area contributed by atoms with E-state index in [0.29, 0.717) is 16.7 Å². The average Bonchev–Trinajstić information content (AvgIpc) is 2.81. The number of methoxy groups -OCH3 is 1. The Morgan fingerprint density at radius 2 is 2.05 bits per heavy atom. The van der Waals surface area contributed by atoms with E-state index >= 15 is 0 Å². The summed E-state index contributed by atoms with van der Waals surface area (Å²) in [5.41, 5.74) is -0.338. The summed E-state index contributed by atoms with van der Waals surface area (Å²) in [6.45, 7) is 0. The fraction of sp³-hybridized carbons (Fsp3) is 0.125. The first kappa shape index (κ1) is 13.0. The van der Waals surface area contributed by atoms with Crippen molar-refractivity contribution in [2.75, 3.05) is 7.11 Å². The Kier molecular flexibility index (Phi) is 2.80. The highest BCUT2D eigenvalue weighted by atomic mass is 16.6. The number of aromatic hydroxyl groups is 1. The van der Waals surface area contributed by atoms with Crippen LogP contribution in [0.1, 0.15) is 21.5 Å². The predicted octanol–water partition coefficient (Wildman–Crippen LogP) is 2.34. The highest BCUT2D eigenvalue weighted by Crippen LogP contribution is 2.43. The lowest BCUT2D eigenvalue weighted by atomic mass is 9.86. The van der Waals surface area contributed by atoms with E-state index in [0.717, 1.165) is 0 Å². The van der Waals surface area contributed by atoms with Gasteiger partial charge in [0.2, 0.25) is 5.60 Å². The molecule has 1 aliphatic rings. The van der Waals surface area contributed by atoms with Gasteiger partial charge in [-0.1, -0.05) is 18.2 Å². The first-order chi connectivity index (χ1) is 10.1. The molecule has 21 heavy (non-hydrogen) atoms. The second kappa shape index (κ2) is 4.53. The van der Waals surface area contributed by atoms with Gasteiger partial charge in [0.25, 0.3) is 0 Å². The van der Waals surface area contributed by atoms with E-state index in [1.807, 2.05) is 0 Å². The van der Waals surface area contributed by atoms with Gasteiger partial charge >= 0.3 is 5.97 Å². The van der Waals surface area contributed by atoms with Crippen LogP contribution in [0.2, 0.25) is 0 Å². The highest BCUT2D eigenvalue weighted by molar-refractivity contribution is 5.96. The molecule has 0 saturated heterocycles. The molecule has 1 N–H and O–H groups in total. The average molecular weight is 281 g/mol. The van der Waals surface area contributed by atoms with Gasteiger partial charge in [-0.3, -0.25) is 0 Å². The van der Waals surface area contributed by atoms with Crippen LogP contribution < -0.4 is 4.74 Å². The fourth-order valence-corrected chi connectivity index (χ4v) is 2.49. The molecule has 0 aromatic heterocycles. The summed E-state index contributed by atoms with van der Waals surface area (Å²) in [6, 6.07) is 13.3. The number of esters is 1. The zero-order chi connectivity index (χ0) is 15.0. The van der Waals surface area contributed by atoms with E-state index in [-0.39, 0.29) is 11.5 Å². The van der Waals surface area contributed by atoms with E-state index in [1.165, 1.54) is 19.2 Å². The molecule has 1 heterocycles. The second-order valence-corrected chi connectivity index (χ2v) is 4.61. The zero-order valence-corrected chi connectivity index (χ0v) is 11.2. The summed E-state index contributed by atoms with van der Waals surface area (Å²) in [7, 11) is 1.43. The van der Waals surface area contributed by atoms with Crippen LogP contribution in [0, 0.1) is 11.3 Å². The number of rotatable bonds is 2. The molecule has 0 bridgehead atoms. The maximum Gasteiger partial charge on any atom is 0.340 e. The van der Waals surface area contributed by atoms with E-state index in [4.69, 9.17) is 9.47 Å². The molecule has 0 spiro atoms. The van der Waals surface area contributed by atoms with Crippen LogP contribution in [0.3, 0.4) is 0 Å². The van der Waals surface area contributed by atoms with Crippen LogP contribution in [0.25, 0.3) is 0 Å². The van der Waals surface area contributed by atoms with Gasteiger partial charge in [-0.25, -0.2) is 4.79 Å². The first-order valence-corrected chi connectivity index (χ1v) is 6.24. The lowest BCUT2D eigenvalue weighted by Gasteiger charge is -2.21. The highest BCUT2D eigenvalue weighted by Gasteiger charge is 2.47. The quantitative estimate of drug-likeness (QED) is 0.855. The maximum absolute atomic E-state index is 12.0. The molecular formula is C16H11NO4. The molecule has 2 aromatic carbocycles. The molecule has 0 aliphatic carbocycles. The Labute approximate surface area is 121 Å². The van der Waals surface area contributed by atoms with Crippen molar-refractivity contribution >= 4 is 5.97 Å². The van der Waals surface area contributed by atoms with Crippen molar-refractivity contribution in [3.63, 3.8) is 0 Å². The van der Waals surface area contributed by atoms with E-state index < -0.39 is 11.6 Å². The Hall–Kier alpha value is -3.00. The molecule has 2 aromatic rings. The third-order valence-electron chi connectivity index (χ3n) is 3.51. The first-order valence-electron chi connectivity index (χ1n) is 6.24. The molecule has 1 unspecified atom stereocenters. The smallest absolute Gasteiger partial charge is 0.340 e. The summed E-state index contributed by atoms with van der Waals surface area (Å²) < 4.78 is 10.3. The minimum Gasteiger partial charge on any atom is -0.504 e. The molecule has 5 nitrogen and oxygen atoms in total. The molecule has 0 fully saturated rings. The van der Waals surface area contributed by atoms with E-state index in [1.54, 1.807) is 30.3 Å². The molecule has 104 valence electrons. The molecule has 5 heteroatoms. The van der Waals surface area contributed by atoms with Crippen LogP contribution in [-0.2, 0) is 10.3 Å².